The predicted octanol–water partition coefficient (Wildman–Crippen LogP) is 1.42. The van der Waals surface area contributed by atoms with Crippen molar-refractivity contribution >= 4 is 0 Å². The summed E-state index contributed by atoms with van der Waals surface area (Å²) >= 11 is 0. The molecule has 0 spiro atoms. The molecule has 0 saturated heterocycles. The predicted molar refractivity (Wildman–Crippen MR) is 60.7 cm³/mol. The molecule has 1 heterocycles. The molecule has 1 aromatic heterocycles. The summed E-state index contributed by atoms with van der Waals surface area (Å²) in [5.74, 6) is 0. The highest BCUT2D eigenvalue weighted by molar-refractivity contribution is 5.02. The van der Waals surface area contributed by atoms with Crippen LogP contribution in [0.4, 0.5) is 0 Å². The normalized spacial score (nSPS) is 12.0. The van der Waals surface area contributed by atoms with E-state index in [1.54, 1.807) is 7.11 Å². The summed E-state index contributed by atoms with van der Waals surface area (Å²) in [6, 6.07) is 0. The molecule has 15 heavy (non-hydrogen) atoms. The smallest absolute Gasteiger partial charge is 0.0640 e. The number of nitrogens with zero attached hydrogens (tertiary/aromatic N) is 2. The average molecular weight is 211 g/mol. The fourth-order valence-electron chi connectivity index (χ4n) is 1.31. The van der Waals surface area contributed by atoms with Crippen molar-refractivity contribution in [2.45, 2.75) is 39.0 Å². The van der Waals surface area contributed by atoms with Crippen molar-refractivity contribution in [1.29, 1.82) is 0 Å². The minimum atomic E-state index is -0.0743. The van der Waals surface area contributed by atoms with E-state index in [0.29, 0.717) is 0 Å². The lowest BCUT2D eigenvalue weighted by molar-refractivity contribution is 0.0113. The van der Waals surface area contributed by atoms with E-state index in [1.807, 2.05) is 17.9 Å². The zero-order valence-electron chi connectivity index (χ0n) is 10.1. The van der Waals surface area contributed by atoms with Gasteiger partial charge in [0, 0.05) is 32.0 Å². The van der Waals surface area contributed by atoms with Gasteiger partial charge in [-0.25, -0.2) is 0 Å². The van der Waals surface area contributed by atoms with E-state index < -0.39 is 0 Å². The summed E-state index contributed by atoms with van der Waals surface area (Å²) in [7, 11) is 3.68. The van der Waals surface area contributed by atoms with Gasteiger partial charge in [-0.1, -0.05) is 0 Å². The lowest BCUT2D eigenvalue weighted by Crippen LogP contribution is -2.24. The number of aryl methyl sites for hydroxylation is 1. The second-order valence-electron chi connectivity index (χ2n) is 4.36. The summed E-state index contributed by atoms with van der Waals surface area (Å²) in [4.78, 5) is 0. The maximum absolute atomic E-state index is 5.36. The van der Waals surface area contributed by atoms with Crippen LogP contribution < -0.4 is 5.32 Å². The van der Waals surface area contributed by atoms with Crippen LogP contribution in [0, 0.1) is 0 Å². The molecular formula is C11H21N3O. The molecule has 0 aliphatic rings. The van der Waals surface area contributed by atoms with Gasteiger partial charge in [-0.3, -0.25) is 4.68 Å². The Morgan fingerprint density at radius 1 is 1.53 bits per heavy atom. The van der Waals surface area contributed by atoms with E-state index >= 15 is 0 Å². The molecule has 0 fully saturated rings. The summed E-state index contributed by atoms with van der Waals surface area (Å²) in [6.07, 6.45) is 4.93. The number of aromatic nitrogens is 2. The fraction of sp³-hybridized carbons (Fsp3) is 0.727. The fourth-order valence-corrected chi connectivity index (χ4v) is 1.31. The Hall–Kier alpha value is -0.870. The van der Waals surface area contributed by atoms with Crippen molar-refractivity contribution in [3.05, 3.63) is 18.0 Å². The van der Waals surface area contributed by atoms with Gasteiger partial charge in [-0.15, -0.1) is 0 Å². The molecular weight excluding hydrogens is 190 g/mol. The Bertz CT molecular complexity index is 294. The van der Waals surface area contributed by atoms with Crippen LogP contribution in [-0.4, -0.2) is 29.5 Å². The molecule has 1 rings (SSSR count). The van der Waals surface area contributed by atoms with Crippen LogP contribution in [0.3, 0.4) is 0 Å². The summed E-state index contributed by atoms with van der Waals surface area (Å²) in [6.45, 7) is 5.94. The maximum Gasteiger partial charge on any atom is 0.0640 e. The SMILES string of the molecule is CNCc1cnn(CCC(C)(C)OC)c1. The molecule has 0 saturated carbocycles. The molecule has 1 N–H and O–H groups in total. The first-order chi connectivity index (χ1) is 7.07. The number of hydrogen-bond donors (Lipinski definition) is 1. The van der Waals surface area contributed by atoms with Crippen LogP contribution in [0.5, 0.6) is 0 Å². The highest BCUT2D eigenvalue weighted by Gasteiger charge is 2.15. The number of hydrogen-bond acceptors (Lipinski definition) is 3. The van der Waals surface area contributed by atoms with Crippen molar-refractivity contribution in [3.8, 4) is 0 Å². The molecule has 0 unspecified atom stereocenters. The lowest BCUT2D eigenvalue weighted by Gasteiger charge is -2.22. The number of nitrogens with one attached hydrogen (secondary N) is 1. The van der Waals surface area contributed by atoms with E-state index in [1.165, 1.54) is 5.56 Å². The Kier molecular flexibility index (Phi) is 4.29. The standard InChI is InChI=1S/C11H21N3O/c1-11(2,15-4)5-6-14-9-10(7-12-3)8-13-14/h8-9,12H,5-7H2,1-4H3. The van der Waals surface area contributed by atoms with Crippen LogP contribution in [0.2, 0.25) is 0 Å². The van der Waals surface area contributed by atoms with Gasteiger partial charge >= 0.3 is 0 Å². The van der Waals surface area contributed by atoms with E-state index in [9.17, 15) is 0 Å². The molecule has 0 amide bonds. The maximum atomic E-state index is 5.36. The van der Waals surface area contributed by atoms with Crippen LogP contribution >= 0.6 is 0 Å². The topological polar surface area (TPSA) is 39.1 Å². The molecule has 0 radical (unpaired) electrons. The molecule has 0 aliphatic heterocycles. The van der Waals surface area contributed by atoms with Gasteiger partial charge in [0.05, 0.1) is 11.8 Å². The van der Waals surface area contributed by atoms with Gasteiger partial charge in [-0.2, -0.15) is 5.10 Å². The van der Waals surface area contributed by atoms with Crippen molar-refractivity contribution < 1.29 is 4.74 Å². The first-order valence-corrected chi connectivity index (χ1v) is 5.28. The number of ether oxygens (including phenoxy) is 1. The lowest BCUT2D eigenvalue weighted by atomic mass is 10.1. The van der Waals surface area contributed by atoms with Gasteiger partial charge in [0.25, 0.3) is 0 Å². The average Bonchev–Trinajstić information content (AvgIpc) is 2.64. The van der Waals surface area contributed by atoms with Gasteiger partial charge in [0.2, 0.25) is 0 Å². The molecule has 4 nitrogen and oxygen atoms in total. The summed E-state index contributed by atoms with van der Waals surface area (Å²) in [5, 5.41) is 7.40. The van der Waals surface area contributed by atoms with Crippen LogP contribution in [-0.2, 0) is 17.8 Å². The van der Waals surface area contributed by atoms with Gasteiger partial charge < -0.3 is 10.1 Å². The van der Waals surface area contributed by atoms with E-state index in [2.05, 4.69) is 30.5 Å². The zero-order chi connectivity index (χ0) is 11.3. The van der Waals surface area contributed by atoms with E-state index in [0.717, 1.165) is 19.5 Å². The minimum absolute atomic E-state index is 0.0743. The van der Waals surface area contributed by atoms with Crippen LogP contribution in [0.1, 0.15) is 25.8 Å². The molecule has 1 aromatic rings. The number of methoxy groups -OCH3 is 1. The molecule has 0 atom stereocenters. The van der Waals surface area contributed by atoms with Gasteiger partial charge in [0.15, 0.2) is 0 Å². The monoisotopic (exact) mass is 211 g/mol. The van der Waals surface area contributed by atoms with Crippen LogP contribution in [0.25, 0.3) is 0 Å². The Balaban J connectivity index is 2.44. The summed E-state index contributed by atoms with van der Waals surface area (Å²) < 4.78 is 7.33. The summed E-state index contributed by atoms with van der Waals surface area (Å²) in [5.41, 5.74) is 1.14. The van der Waals surface area contributed by atoms with Gasteiger partial charge in [0.1, 0.15) is 0 Å². The van der Waals surface area contributed by atoms with Crippen molar-refractivity contribution in [2.24, 2.45) is 0 Å². The second-order valence-corrected chi connectivity index (χ2v) is 4.36. The minimum Gasteiger partial charge on any atom is -0.379 e. The zero-order valence-corrected chi connectivity index (χ0v) is 10.1. The quantitative estimate of drug-likeness (QED) is 0.773. The van der Waals surface area contributed by atoms with Crippen molar-refractivity contribution in [2.75, 3.05) is 14.2 Å². The third-order valence-corrected chi connectivity index (χ3v) is 2.56. The Morgan fingerprint density at radius 2 is 2.27 bits per heavy atom. The highest BCUT2D eigenvalue weighted by Crippen LogP contribution is 2.13. The largest absolute Gasteiger partial charge is 0.379 e. The van der Waals surface area contributed by atoms with E-state index in [4.69, 9.17) is 4.74 Å². The van der Waals surface area contributed by atoms with Crippen LogP contribution in [0.15, 0.2) is 12.4 Å². The second kappa shape index (κ2) is 5.28. The highest BCUT2D eigenvalue weighted by atomic mass is 16.5. The number of rotatable bonds is 6. The van der Waals surface area contributed by atoms with Gasteiger partial charge in [-0.05, 0) is 27.3 Å². The third kappa shape index (κ3) is 4.01. The first-order valence-electron chi connectivity index (χ1n) is 5.28. The molecule has 86 valence electrons. The molecule has 0 bridgehead atoms. The Labute approximate surface area is 91.6 Å². The van der Waals surface area contributed by atoms with Crippen molar-refractivity contribution in [1.82, 2.24) is 15.1 Å². The third-order valence-electron chi connectivity index (χ3n) is 2.56. The van der Waals surface area contributed by atoms with Crippen molar-refractivity contribution in [3.63, 3.8) is 0 Å². The molecule has 0 aromatic carbocycles. The Morgan fingerprint density at radius 3 is 2.87 bits per heavy atom. The first kappa shape index (κ1) is 12.2. The van der Waals surface area contributed by atoms with E-state index in [-0.39, 0.29) is 5.60 Å². The molecule has 4 heteroatoms. The molecule has 0 aliphatic carbocycles.